The first-order valence-corrected chi connectivity index (χ1v) is 7.52. The van der Waals surface area contributed by atoms with Crippen LogP contribution in [0, 0.1) is 0 Å². The van der Waals surface area contributed by atoms with E-state index in [2.05, 4.69) is 33.6 Å². The number of nitrogens with one attached hydrogen (secondary N) is 1. The Kier molecular flexibility index (Phi) is 6.73. The van der Waals surface area contributed by atoms with Gasteiger partial charge in [0, 0.05) is 22.8 Å². The third kappa shape index (κ3) is 5.12. The zero-order valence-corrected chi connectivity index (χ0v) is 12.2. The highest BCUT2D eigenvalue weighted by molar-refractivity contribution is 9.10. The van der Waals surface area contributed by atoms with Crippen molar-refractivity contribution in [3.63, 3.8) is 0 Å². The summed E-state index contributed by atoms with van der Waals surface area (Å²) in [6, 6.07) is 6.04. The van der Waals surface area contributed by atoms with Gasteiger partial charge in [0.05, 0.1) is 7.11 Å². The van der Waals surface area contributed by atoms with Gasteiger partial charge in [-0.3, -0.25) is 0 Å². The van der Waals surface area contributed by atoms with E-state index in [1.54, 1.807) is 7.11 Å². The number of ether oxygens (including phenoxy) is 1. The summed E-state index contributed by atoms with van der Waals surface area (Å²) in [5.74, 6) is 2.12. The van der Waals surface area contributed by atoms with E-state index in [1.165, 1.54) is 18.6 Å². The second-order valence-corrected chi connectivity index (χ2v) is 5.41. The van der Waals surface area contributed by atoms with Gasteiger partial charge in [-0.1, -0.05) is 15.9 Å². The van der Waals surface area contributed by atoms with Gasteiger partial charge >= 0.3 is 0 Å². The van der Waals surface area contributed by atoms with E-state index in [9.17, 15) is 0 Å². The summed E-state index contributed by atoms with van der Waals surface area (Å²) in [6.45, 7) is 1.01. The Bertz CT molecular complexity index is 320. The molecule has 4 heteroatoms. The molecule has 0 atom stereocenters. The van der Waals surface area contributed by atoms with Crippen LogP contribution in [0.4, 0.5) is 5.69 Å². The van der Waals surface area contributed by atoms with Crippen LogP contribution in [0.3, 0.4) is 0 Å². The maximum Gasteiger partial charge on any atom is 0.122 e. The summed E-state index contributed by atoms with van der Waals surface area (Å²) in [4.78, 5) is 0. The fraction of sp³-hybridized carbons (Fsp3) is 0.500. The molecule has 0 bridgehead atoms. The van der Waals surface area contributed by atoms with Crippen molar-refractivity contribution in [2.45, 2.75) is 12.8 Å². The first kappa shape index (κ1) is 13.7. The summed E-state index contributed by atoms with van der Waals surface area (Å²) in [6.07, 6.45) is 4.61. The molecule has 0 aliphatic carbocycles. The number of hydrogen-bond acceptors (Lipinski definition) is 3. The molecule has 0 heterocycles. The molecule has 0 aliphatic rings. The van der Waals surface area contributed by atoms with E-state index in [4.69, 9.17) is 4.74 Å². The monoisotopic (exact) mass is 303 g/mol. The number of methoxy groups -OCH3 is 1. The number of rotatable bonds is 7. The maximum atomic E-state index is 5.21. The molecular formula is C12H18BrNOS. The lowest BCUT2D eigenvalue weighted by molar-refractivity contribution is 0.414. The minimum atomic E-state index is 0.876. The molecular weight excluding hydrogens is 286 g/mol. The summed E-state index contributed by atoms with van der Waals surface area (Å²) >= 11 is 5.37. The van der Waals surface area contributed by atoms with Crippen molar-refractivity contribution < 1.29 is 4.74 Å². The minimum Gasteiger partial charge on any atom is -0.497 e. The van der Waals surface area contributed by atoms with E-state index in [0.717, 1.165) is 22.5 Å². The second kappa shape index (κ2) is 7.85. The molecule has 0 fully saturated rings. The van der Waals surface area contributed by atoms with Gasteiger partial charge in [-0.05, 0) is 37.0 Å². The van der Waals surface area contributed by atoms with Crippen molar-refractivity contribution in [3.8, 4) is 5.75 Å². The smallest absolute Gasteiger partial charge is 0.122 e. The molecule has 1 rings (SSSR count). The van der Waals surface area contributed by atoms with Crippen molar-refractivity contribution >= 4 is 33.4 Å². The standard InChI is InChI=1S/C12H18BrNOS/c1-15-12-8-10(13)7-11(9-12)14-5-3-4-6-16-2/h7-9,14H,3-6H2,1-2H3. The molecule has 0 saturated heterocycles. The molecule has 90 valence electrons. The molecule has 1 aromatic carbocycles. The van der Waals surface area contributed by atoms with Gasteiger partial charge in [0.15, 0.2) is 0 Å². The molecule has 16 heavy (non-hydrogen) atoms. The summed E-state index contributed by atoms with van der Waals surface area (Å²) in [5, 5.41) is 3.40. The minimum absolute atomic E-state index is 0.876. The number of unbranched alkanes of at least 4 members (excludes halogenated alkanes) is 1. The zero-order valence-electron chi connectivity index (χ0n) is 9.75. The van der Waals surface area contributed by atoms with Gasteiger partial charge in [-0.15, -0.1) is 0 Å². The molecule has 0 unspecified atom stereocenters. The van der Waals surface area contributed by atoms with Gasteiger partial charge in [0.25, 0.3) is 0 Å². The maximum absolute atomic E-state index is 5.21. The van der Waals surface area contributed by atoms with E-state index in [1.807, 2.05) is 23.9 Å². The van der Waals surface area contributed by atoms with Crippen molar-refractivity contribution in [2.75, 3.05) is 31.0 Å². The van der Waals surface area contributed by atoms with Crippen LogP contribution in [-0.4, -0.2) is 25.7 Å². The molecule has 0 amide bonds. The molecule has 2 nitrogen and oxygen atoms in total. The number of thioether (sulfide) groups is 1. The topological polar surface area (TPSA) is 21.3 Å². The third-order valence-electron chi connectivity index (χ3n) is 2.21. The number of benzene rings is 1. The predicted octanol–water partition coefficient (Wildman–Crippen LogP) is 4.01. The second-order valence-electron chi connectivity index (χ2n) is 3.51. The van der Waals surface area contributed by atoms with Crippen molar-refractivity contribution in [2.24, 2.45) is 0 Å². The van der Waals surface area contributed by atoms with Crippen molar-refractivity contribution in [1.82, 2.24) is 0 Å². The average molecular weight is 304 g/mol. The Hall–Kier alpha value is -0.350. The van der Waals surface area contributed by atoms with E-state index in [-0.39, 0.29) is 0 Å². The van der Waals surface area contributed by atoms with Crippen LogP contribution in [0.1, 0.15) is 12.8 Å². The molecule has 0 aromatic heterocycles. The number of halogens is 1. The Morgan fingerprint density at radius 1 is 1.31 bits per heavy atom. The predicted molar refractivity (Wildman–Crippen MR) is 76.8 cm³/mol. The molecule has 1 N–H and O–H groups in total. The van der Waals surface area contributed by atoms with Crippen LogP contribution in [-0.2, 0) is 0 Å². The van der Waals surface area contributed by atoms with E-state index < -0.39 is 0 Å². The first-order valence-electron chi connectivity index (χ1n) is 5.33. The highest BCUT2D eigenvalue weighted by Gasteiger charge is 1.98. The van der Waals surface area contributed by atoms with Crippen LogP contribution in [0.5, 0.6) is 5.75 Å². The van der Waals surface area contributed by atoms with Crippen LogP contribution < -0.4 is 10.1 Å². The molecule has 0 aliphatic heterocycles. The SMILES string of the molecule is COc1cc(Br)cc(NCCCCSC)c1. The highest BCUT2D eigenvalue weighted by Crippen LogP contribution is 2.24. The Balaban J connectivity index is 2.38. The van der Waals surface area contributed by atoms with Crippen molar-refractivity contribution in [1.29, 1.82) is 0 Å². The first-order chi connectivity index (χ1) is 7.76. The van der Waals surface area contributed by atoms with Gasteiger partial charge < -0.3 is 10.1 Å². The summed E-state index contributed by atoms with van der Waals surface area (Å²) in [5.41, 5.74) is 1.11. The fourth-order valence-corrected chi connectivity index (χ4v) is 2.35. The highest BCUT2D eigenvalue weighted by atomic mass is 79.9. The zero-order chi connectivity index (χ0) is 11.8. The quantitative estimate of drug-likeness (QED) is 0.769. The summed E-state index contributed by atoms with van der Waals surface area (Å²) in [7, 11) is 1.68. The molecule has 0 radical (unpaired) electrons. The lowest BCUT2D eigenvalue weighted by atomic mass is 10.3. The van der Waals surface area contributed by atoms with Crippen LogP contribution >= 0.6 is 27.7 Å². The fourth-order valence-electron chi connectivity index (χ4n) is 1.39. The Labute approximate surface area is 110 Å². The van der Waals surface area contributed by atoms with Crippen molar-refractivity contribution in [3.05, 3.63) is 22.7 Å². The van der Waals surface area contributed by atoms with Gasteiger partial charge in [0.1, 0.15) is 5.75 Å². The molecule has 0 saturated carbocycles. The van der Waals surface area contributed by atoms with E-state index >= 15 is 0 Å². The normalized spacial score (nSPS) is 10.2. The van der Waals surface area contributed by atoms with E-state index in [0.29, 0.717) is 0 Å². The van der Waals surface area contributed by atoms with Gasteiger partial charge in [0.2, 0.25) is 0 Å². The van der Waals surface area contributed by atoms with Gasteiger partial charge in [-0.2, -0.15) is 11.8 Å². The third-order valence-corrected chi connectivity index (χ3v) is 3.37. The van der Waals surface area contributed by atoms with Crippen LogP contribution in [0.15, 0.2) is 22.7 Å². The largest absolute Gasteiger partial charge is 0.497 e. The number of hydrogen-bond donors (Lipinski definition) is 1. The molecule has 1 aromatic rings. The number of anilines is 1. The van der Waals surface area contributed by atoms with Crippen LogP contribution in [0.2, 0.25) is 0 Å². The van der Waals surface area contributed by atoms with Gasteiger partial charge in [-0.25, -0.2) is 0 Å². The molecule has 0 spiro atoms. The lowest BCUT2D eigenvalue weighted by Crippen LogP contribution is -2.02. The lowest BCUT2D eigenvalue weighted by Gasteiger charge is -2.08. The summed E-state index contributed by atoms with van der Waals surface area (Å²) < 4.78 is 6.25. The van der Waals surface area contributed by atoms with Crippen LogP contribution in [0.25, 0.3) is 0 Å². The Morgan fingerprint density at radius 2 is 2.12 bits per heavy atom. The Morgan fingerprint density at radius 3 is 2.81 bits per heavy atom. The average Bonchev–Trinajstić information content (AvgIpc) is 2.28.